The molecule has 0 radical (unpaired) electrons. The van der Waals surface area contributed by atoms with Crippen LogP contribution in [0.3, 0.4) is 0 Å². The quantitative estimate of drug-likeness (QED) is 0.749. The van der Waals surface area contributed by atoms with E-state index in [0.29, 0.717) is 6.07 Å². The molecule has 2 nitrogen and oxygen atoms in total. The molecule has 1 fully saturated rings. The van der Waals surface area contributed by atoms with Crippen molar-refractivity contribution in [1.82, 2.24) is 0 Å². The molecule has 3 N–H and O–H groups in total. The van der Waals surface area contributed by atoms with Crippen molar-refractivity contribution in [3.8, 4) is 0 Å². The molecule has 0 aromatic heterocycles. The zero-order chi connectivity index (χ0) is 12.8. The van der Waals surface area contributed by atoms with Crippen LogP contribution >= 0.6 is 0 Å². The summed E-state index contributed by atoms with van der Waals surface area (Å²) in [6, 6.07) is 2.24. The van der Waals surface area contributed by atoms with Crippen LogP contribution in [0, 0.1) is 5.82 Å². The van der Waals surface area contributed by atoms with Gasteiger partial charge in [0.05, 0.1) is 11.7 Å². The van der Waals surface area contributed by atoms with Crippen LogP contribution < -0.4 is 5.73 Å². The topological polar surface area (TPSA) is 46.2 Å². The maximum atomic E-state index is 13.0. The summed E-state index contributed by atoms with van der Waals surface area (Å²) >= 11 is 0. The van der Waals surface area contributed by atoms with E-state index in [4.69, 9.17) is 10.8 Å². The summed E-state index contributed by atoms with van der Waals surface area (Å²) in [5.74, 6) is -0.765. The minimum absolute atomic E-state index is 0.0134. The van der Waals surface area contributed by atoms with Gasteiger partial charge in [0.1, 0.15) is 5.82 Å². The molecule has 1 aliphatic rings. The highest BCUT2D eigenvalue weighted by Gasteiger charge is 2.46. The lowest BCUT2D eigenvalue weighted by molar-refractivity contribution is -0.139. The molecular formula is C11H11F4NO. The van der Waals surface area contributed by atoms with Crippen molar-refractivity contribution in [3.63, 3.8) is 0 Å². The Labute approximate surface area is 95.0 Å². The van der Waals surface area contributed by atoms with Crippen LogP contribution in [0.25, 0.3) is 0 Å². The molecule has 1 aromatic rings. The first-order valence-electron chi connectivity index (χ1n) is 5.06. The number of aliphatic hydroxyl groups is 1. The molecule has 0 atom stereocenters. The van der Waals surface area contributed by atoms with Gasteiger partial charge in [-0.3, -0.25) is 0 Å². The third-order valence-corrected chi connectivity index (χ3v) is 3.02. The summed E-state index contributed by atoms with van der Waals surface area (Å²) < 4.78 is 51.2. The van der Waals surface area contributed by atoms with Gasteiger partial charge in [-0.05, 0) is 36.6 Å². The van der Waals surface area contributed by atoms with Crippen LogP contribution in [0.5, 0.6) is 0 Å². The number of halogens is 4. The molecule has 2 rings (SSSR count). The highest BCUT2D eigenvalue weighted by atomic mass is 19.4. The first-order valence-corrected chi connectivity index (χ1v) is 5.06. The van der Waals surface area contributed by atoms with Crippen molar-refractivity contribution >= 4 is 0 Å². The lowest BCUT2D eigenvalue weighted by Crippen LogP contribution is -2.52. The zero-order valence-electron chi connectivity index (χ0n) is 8.76. The van der Waals surface area contributed by atoms with Crippen LogP contribution in [-0.2, 0) is 11.7 Å². The van der Waals surface area contributed by atoms with Gasteiger partial charge in [0.2, 0.25) is 0 Å². The monoisotopic (exact) mass is 249 g/mol. The van der Waals surface area contributed by atoms with Gasteiger partial charge in [0.15, 0.2) is 0 Å². The van der Waals surface area contributed by atoms with Gasteiger partial charge in [-0.1, -0.05) is 0 Å². The maximum Gasteiger partial charge on any atom is 0.416 e. The van der Waals surface area contributed by atoms with Crippen molar-refractivity contribution in [2.45, 2.75) is 30.7 Å². The number of aliphatic hydroxyl groups excluding tert-OH is 1. The molecule has 1 aliphatic carbocycles. The highest BCUT2D eigenvalue weighted by molar-refractivity contribution is 5.38. The number of rotatable bonds is 1. The Kier molecular flexibility index (Phi) is 2.67. The summed E-state index contributed by atoms with van der Waals surface area (Å²) in [6.07, 6.45) is -5.26. The van der Waals surface area contributed by atoms with E-state index in [0.717, 1.165) is 12.1 Å². The molecule has 1 aromatic carbocycles. The number of hydrogen-bond acceptors (Lipinski definition) is 2. The molecule has 1 saturated carbocycles. The van der Waals surface area contributed by atoms with Crippen molar-refractivity contribution in [2.75, 3.05) is 0 Å². The van der Waals surface area contributed by atoms with Gasteiger partial charge in [0.25, 0.3) is 0 Å². The van der Waals surface area contributed by atoms with E-state index < -0.39 is 29.2 Å². The minimum Gasteiger partial charge on any atom is -0.393 e. The second-order valence-corrected chi connectivity index (χ2v) is 4.41. The molecule has 0 aliphatic heterocycles. The molecule has 94 valence electrons. The van der Waals surface area contributed by atoms with Gasteiger partial charge in [-0.15, -0.1) is 0 Å². The molecule has 0 spiro atoms. The fourth-order valence-electron chi connectivity index (χ4n) is 2.18. The highest BCUT2D eigenvalue weighted by Crippen LogP contribution is 2.44. The Morgan fingerprint density at radius 1 is 1.29 bits per heavy atom. The first-order chi connectivity index (χ1) is 7.72. The molecule has 0 heterocycles. The standard InChI is InChI=1S/C11H11F4NO/c12-6-1-2-8(11(13,14)15)9(3-6)10(16)4-7(17)5-10/h1-3,7,17H,4-5,16H2. The normalized spacial score (nSPS) is 28.9. The van der Waals surface area contributed by atoms with E-state index in [1.54, 1.807) is 0 Å². The third kappa shape index (κ3) is 2.14. The molecule has 0 unspecified atom stereocenters. The molecule has 0 bridgehead atoms. The lowest BCUT2D eigenvalue weighted by atomic mass is 9.69. The van der Waals surface area contributed by atoms with Gasteiger partial charge in [0, 0.05) is 5.54 Å². The van der Waals surface area contributed by atoms with E-state index in [9.17, 15) is 17.6 Å². The number of alkyl halides is 3. The fourth-order valence-corrected chi connectivity index (χ4v) is 2.18. The molecular weight excluding hydrogens is 238 g/mol. The first kappa shape index (κ1) is 12.3. The summed E-state index contributed by atoms with van der Waals surface area (Å²) in [4.78, 5) is 0. The van der Waals surface area contributed by atoms with Gasteiger partial charge < -0.3 is 10.8 Å². The maximum absolute atomic E-state index is 13.0. The average molecular weight is 249 g/mol. The zero-order valence-corrected chi connectivity index (χ0v) is 8.76. The second kappa shape index (κ2) is 3.68. The summed E-state index contributed by atoms with van der Waals surface area (Å²) in [6.45, 7) is 0. The molecule has 17 heavy (non-hydrogen) atoms. The van der Waals surface area contributed by atoms with Gasteiger partial charge >= 0.3 is 6.18 Å². The van der Waals surface area contributed by atoms with Crippen molar-refractivity contribution in [2.24, 2.45) is 5.73 Å². The Hall–Kier alpha value is -1.14. The Morgan fingerprint density at radius 3 is 2.35 bits per heavy atom. The Bertz CT molecular complexity index is 438. The number of nitrogens with two attached hydrogens (primary N) is 1. The Morgan fingerprint density at radius 2 is 1.88 bits per heavy atom. The second-order valence-electron chi connectivity index (χ2n) is 4.41. The SMILES string of the molecule is NC1(c2cc(F)ccc2C(F)(F)F)CC(O)C1. The van der Waals surface area contributed by atoms with Crippen LogP contribution in [0.2, 0.25) is 0 Å². The van der Waals surface area contributed by atoms with Gasteiger partial charge in [-0.25, -0.2) is 4.39 Å². The van der Waals surface area contributed by atoms with Crippen LogP contribution in [0.4, 0.5) is 17.6 Å². The predicted molar refractivity (Wildman–Crippen MR) is 52.5 cm³/mol. The third-order valence-electron chi connectivity index (χ3n) is 3.02. The van der Waals surface area contributed by atoms with Crippen molar-refractivity contribution < 1.29 is 22.7 Å². The molecule has 0 amide bonds. The summed E-state index contributed by atoms with van der Waals surface area (Å²) in [7, 11) is 0. The minimum atomic E-state index is -4.57. The van der Waals surface area contributed by atoms with E-state index >= 15 is 0 Å². The summed E-state index contributed by atoms with van der Waals surface area (Å²) in [5.41, 5.74) is 3.25. The number of benzene rings is 1. The van der Waals surface area contributed by atoms with E-state index in [1.807, 2.05) is 0 Å². The van der Waals surface area contributed by atoms with Crippen LogP contribution in [-0.4, -0.2) is 11.2 Å². The lowest BCUT2D eigenvalue weighted by Gasteiger charge is -2.43. The summed E-state index contributed by atoms with van der Waals surface area (Å²) in [5, 5.41) is 9.15. The molecule has 6 heteroatoms. The van der Waals surface area contributed by atoms with E-state index in [-0.39, 0.29) is 18.4 Å². The van der Waals surface area contributed by atoms with Crippen LogP contribution in [0.1, 0.15) is 24.0 Å². The largest absolute Gasteiger partial charge is 0.416 e. The van der Waals surface area contributed by atoms with E-state index in [2.05, 4.69) is 0 Å². The predicted octanol–water partition coefficient (Wildman–Crippen LogP) is 2.15. The average Bonchev–Trinajstić information content (AvgIpc) is 2.13. The Balaban J connectivity index is 2.48. The smallest absolute Gasteiger partial charge is 0.393 e. The van der Waals surface area contributed by atoms with Gasteiger partial charge in [-0.2, -0.15) is 13.2 Å². The fraction of sp³-hybridized carbons (Fsp3) is 0.455. The van der Waals surface area contributed by atoms with Crippen molar-refractivity contribution in [3.05, 3.63) is 35.1 Å². The number of hydrogen-bond donors (Lipinski definition) is 2. The van der Waals surface area contributed by atoms with Crippen LogP contribution in [0.15, 0.2) is 18.2 Å². The van der Waals surface area contributed by atoms with E-state index in [1.165, 1.54) is 0 Å². The van der Waals surface area contributed by atoms with Crippen molar-refractivity contribution in [1.29, 1.82) is 0 Å². The molecule has 0 saturated heterocycles.